The van der Waals surface area contributed by atoms with Crippen LogP contribution >= 0.6 is 22.7 Å². The van der Waals surface area contributed by atoms with Gasteiger partial charge in [0.1, 0.15) is 9.75 Å². The molecule has 192 valence electrons. The third-order valence-electron chi connectivity index (χ3n) is 5.48. The highest BCUT2D eigenvalue weighted by Crippen LogP contribution is 2.31. The van der Waals surface area contributed by atoms with Crippen LogP contribution in [0, 0.1) is 0 Å². The van der Waals surface area contributed by atoms with Crippen LogP contribution in [0.15, 0.2) is 55.6 Å². The van der Waals surface area contributed by atoms with Gasteiger partial charge in [-0.05, 0) is 43.3 Å². The molecule has 2 aromatic carbocycles. The standard InChI is InChI=1S/C13H10N2O4S.C11H6N2O4S/c1-2-19-13(18)9-5-6-8(20-9)4-3-7-10(6)15-12(17)11(16)14-7;14-9-10(15)13-8-4-3-7(11(16)17)18-6(4)2-1-5(8)12-9/h3-5H,2H2,1H3,(H,14,16)(H,15,17);1-3H,(H,12,14)(H,13,15)(H,16,17). The van der Waals surface area contributed by atoms with Crippen molar-refractivity contribution in [2.45, 2.75) is 6.92 Å². The van der Waals surface area contributed by atoms with Crippen molar-refractivity contribution in [1.29, 1.82) is 0 Å². The van der Waals surface area contributed by atoms with Gasteiger partial charge in [0.05, 0.1) is 28.7 Å². The maximum absolute atomic E-state index is 11.7. The summed E-state index contributed by atoms with van der Waals surface area (Å²) in [6, 6.07) is 9.98. The monoisotopic (exact) mass is 552 g/mol. The van der Waals surface area contributed by atoms with Gasteiger partial charge in [-0.15, -0.1) is 22.7 Å². The van der Waals surface area contributed by atoms with Gasteiger partial charge >= 0.3 is 34.2 Å². The second kappa shape index (κ2) is 9.57. The molecule has 4 heterocycles. The number of hydrogen-bond donors (Lipinski definition) is 5. The summed E-state index contributed by atoms with van der Waals surface area (Å²) in [6.45, 7) is 2.04. The van der Waals surface area contributed by atoms with E-state index in [0.29, 0.717) is 44.3 Å². The van der Waals surface area contributed by atoms with E-state index in [4.69, 9.17) is 9.84 Å². The van der Waals surface area contributed by atoms with Gasteiger partial charge in [0.2, 0.25) is 0 Å². The average Bonchev–Trinajstić information content (AvgIpc) is 3.52. The zero-order valence-corrected chi connectivity index (χ0v) is 20.9. The number of carboxylic acids is 1. The van der Waals surface area contributed by atoms with Crippen molar-refractivity contribution < 1.29 is 19.4 Å². The van der Waals surface area contributed by atoms with Crippen LogP contribution in [0.2, 0.25) is 0 Å². The molecule has 0 saturated carbocycles. The number of carbonyl (C=O) groups excluding carboxylic acids is 1. The lowest BCUT2D eigenvalue weighted by Gasteiger charge is -1.97. The normalized spacial score (nSPS) is 11.1. The number of rotatable bonds is 3. The highest BCUT2D eigenvalue weighted by Gasteiger charge is 2.14. The lowest BCUT2D eigenvalue weighted by molar-refractivity contribution is 0.0531. The van der Waals surface area contributed by atoms with Crippen LogP contribution in [0.25, 0.3) is 42.2 Å². The summed E-state index contributed by atoms with van der Waals surface area (Å²) in [6.07, 6.45) is 0. The minimum Gasteiger partial charge on any atom is -0.477 e. The van der Waals surface area contributed by atoms with Gasteiger partial charge < -0.3 is 29.8 Å². The number of aromatic amines is 4. The summed E-state index contributed by atoms with van der Waals surface area (Å²) in [4.78, 5) is 78.5. The van der Waals surface area contributed by atoms with Gasteiger partial charge in [-0.25, -0.2) is 9.59 Å². The number of carbonyl (C=O) groups is 2. The number of fused-ring (bicyclic) bond motifs is 6. The Balaban J connectivity index is 0.000000156. The molecule has 0 aliphatic heterocycles. The summed E-state index contributed by atoms with van der Waals surface area (Å²) in [5.41, 5.74) is -0.933. The summed E-state index contributed by atoms with van der Waals surface area (Å²) in [5, 5.41) is 10.3. The first-order chi connectivity index (χ1) is 18.2. The number of esters is 1. The number of carboxylic acid groups (broad SMARTS) is 1. The van der Waals surface area contributed by atoms with E-state index in [0.717, 1.165) is 20.7 Å². The zero-order chi connectivity index (χ0) is 27.1. The summed E-state index contributed by atoms with van der Waals surface area (Å²) < 4.78 is 6.53. The molecule has 4 aromatic heterocycles. The average molecular weight is 553 g/mol. The summed E-state index contributed by atoms with van der Waals surface area (Å²) in [7, 11) is 0. The number of thiophene rings is 2. The zero-order valence-electron chi connectivity index (χ0n) is 19.3. The van der Waals surface area contributed by atoms with Crippen LogP contribution in [0.5, 0.6) is 0 Å². The van der Waals surface area contributed by atoms with Crippen molar-refractivity contribution in [2.24, 2.45) is 0 Å². The van der Waals surface area contributed by atoms with E-state index >= 15 is 0 Å². The van der Waals surface area contributed by atoms with Crippen LogP contribution in [0.1, 0.15) is 26.3 Å². The molecule has 0 amide bonds. The third kappa shape index (κ3) is 4.42. The van der Waals surface area contributed by atoms with Crippen molar-refractivity contribution in [3.8, 4) is 0 Å². The molecule has 0 aliphatic rings. The molecular formula is C24H16N4O8S2. The molecule has 6 rings (SSSR count). The Bertz CT molecular complexity index is 2150. The van der Waals surface area contributed by atoms with Crippen LogP contribution in [0.4, 0.5) is 0 Å². The SMILES string of the molecule is CCOC(=O)c1cc2c(ccc3[nH]c(=O)c(=O)[nH]c32)s1.O=C(O)c1cc2c(ccc3[nH]c(=O)c(=O)[nH]c32)s1. The van der Waals surface area contributed by atoms with E-state index in [1.807, 2.05) is 0 Å². The van der Waals surface area contributed by atoms with Crippen molar-refractivity contribution >= 4 is 76.9 Å². The van der Waals surface area contributed by atoms with E-state index in [-0.39, 0.29) is 4.88 Å². The number of ether oxygens (including phenoxy) is 1. The predicted octanol–water partition coefficient (Wildman–Crippen LogP) is 2.74. The molecule has 0 bridgehead atoms. The molecule has 0 radical (unpaired) electrons. The second-order valence-corrected chi connectivity index (χ2v) is 10.0. The fourth-order valence-corrected chi connectivity index (χ4v) is 5.68. The largest absolute Gasteiger partial charge is 0.477 e. The van der Waals surface area contributed by atoms with E-state index in [1.54, 1.807) is 37.3 Å². The summed E-state index contributed by atoms with van der Waals surface area (Å²) >= 11 is 2.40. The number of aromatic nitrogens is 4. The lowest BCUT2D eigenvalue weighted by atomic mass is 10.2. The second-order valence-electron chi connectivity index (χ2n) is 7.86. The van der Waals surface area contributed by atoms with E-state index in [2.05, 4.69) is 19.9 Å². The van der Waals surface area contributed by atoms with Gasteiger partial charge in [0.25, 0.3) is 0 Å². The molecule has 0 atom stereocenters. The molecule has 0 aliphatic carbocycles. The van der Waals surface area contributed by atoms with Crippen LogP contribution in [-0.2, 0) is 4.74 Å². The number of aromatic carboxylic acids is 1. The van der Waals surface area contributed by atoms with E-state index in [9.17, 15) is 28.8 Å². The fraction of sp³-hybridized carbons (Fsp3) is 0.0833. The number of nitrogens with one attached hydrogen (secondary N) is 4. The predicted molar refractivity (Wildman–Crippen MR) is 144 cm³/mol. The number of H-pyrrole nitrogens is 4. The Morgan fingerprint density at radius 1 is 0.737 bits per heavy atom. The topological polar surface area (TPSA) is 195 Å². The molecule has 0 fully saturated rings. The number of benzene rings is 2. The van der Waals surface area contributed by atoms with Gasteiger partial charge in [0.15, 0.2) is 0 Å². The van der Waals surface area contributed by atoms with Crippen molar-refractivity contribution in [3.05, 3.63) is 87.6 Å². The Hall–Kier alpha value is -4.82. The smallest absolute Gasteiger partial charge is 0.348 e. The Labute approximate surface area is 217 Å². The van der Waals surface area contributed by atoms with Gasteiger partial charge in [-0.2, -0.15) is 0 Å². The van der Waals surface area contributed by atoms with Crippen LogP contribution < -0.4 is 22.2 Å². The molecule has 0 saturated heterocycles. The minimum absolute atomic E-state index is 0.185. The minimum atomic E-state index is -1.02. The first-order valence-electron chi connectivity index (χ1n) is 10.9. The number of hydrogen-bond acceptors (Lipinski definition) is 9. The van der Waals surface area contributed by atoms with Gasteiger partial charge in [-0.3, -0.25) is 19.2 Å². The van der Waals surface area contributed by atoms with Gasteiger partial charge in [0, 0.05) is 20.2 Å². The third-order valence-corrected chi connectivity index (χ3v) is 7.64. The Morgan fingerprint density at radius 3 is 1.66 bits per heavy atom. The van der Waals surface area contributed by atoms with Crippen LogP contribution in [0.3, 0.4) is 0 Å². The first kappa shape index (κ1) is 24.9. The van der Waals surface area contributed by atoms with E-state index in [1.165, 1.54) is 17.4 Å². The highest BCUT2D eigenvalue weighted by molar-refractivity contribution is 7.21. The molecule has 6 aromatic rings. The Morgan fingerprint density at radius 2 is 1.18 bits per heavy atom. The molecule has 12 nitrogen and oxygen atoms in total. The molecule has 38 heavy (non-hydrogen) atoms. The Kier molecular flexibility index (Phi) is 6.26. The molecule has 5 N–H and O–H groups in total. The summed E-state index contributed by atoms with van der Waals surface area (Å²) in [5.74, 6) is -1.41. The quantitative estimate of drug-likeness (QED) is 0.163. The lowest BCUT2D eigenvalue weighted by Crippen LogP contribution is -2.28. The molecule has 0 spiro atoms. The van der Waals surface area contributed by atoms with Crippen molar-refractivity contribution in [1.82, 2.24) is 19.9 Å². The van der Waals surface area contributed by atoms with Crippen molar-refractivity contribution in [2.75, 3.05) is 6.61 Å². The van der Waals surface area contributed by atoms with Gasteiger partial charge in [-0.1, -0.05) is 0 Å². The first-order valence-corrected chi connectivity index (χ1v) is 12.6. The van der Waals surface area contributed by atoms with Crippen molar-refractivity contribution in [3.63, 3.8) is 0 Å². The highest BCUT2D eigenvalue weighted by atomic mass is 32.1. The molecule has 14 heteroatoms. The molecule has 0 unspecified atom stereocenters. The fourth-order valence-electron chi connectivity index (χ4n) is 3.81. The van der Waals surface area contributed by atoms with Crippen LogP contribution in [-0.4, -0.2) is 43.6 Å². The maximum Gasteiger partial charge on any atom is 0.348 e. The molecular weight excluding hydrogens is 536 g/mol. The maximum atomic E-state index is 11.7. The van der Waals surface area contributed by atoms with E-state index < -0.39 is 34.2 Å².